The number of nitrogens with zero attached hydrogens (tertiary/aromatic N) is 4. The molecule has 0 unspecified atom stereocenters. The van der Waals surface area contributed by atoms with Crippen LogP contribution in [0.5, 0.6) is 5.75 Å². The summed E-state index contributed by atoms with van der Waals surface area (Å²) in [5, 5.41) is 14.8. The Kier molecular flexibility index (Phi) is 6.55. The van der Waals surface area contributed by atoms with Gasteiger partial charge >= 0.3 is 5.69 Å². The van der Waals surface area contributed by atoms with Crippen LogP contribution in [0.3, 0.4) is 0 Å². The lowest BCUT2D eigenvalue weighted by Gasteiger charge is -2.59. The van der Waals surface area contributed by atoms with Crippen molar-refractivity contribution in [2.24, 2.45) is 5.41 Å². The first-order valence-electron chi connectivity index (χ1n) is 10.1. The second kappa shape index (κ2) is 9.21. The molecule has 1 N–H and O–H groups in total. The van der Waals surface area contributed by atoms with Gasteiger partial charge in [-0.15, -0.1) is 0 Å². The summed E-state index contributed by atoms with van der Waals surface area (Å²) in [6.07, 6.45) is 4.05. The number of halogens is 3. The molecule has 0 radical (unpaired) electrons. The molecule has 1 aliphatic heterocycles. The highest BCUT2D eigenvalue weighted by Crippen LogP contribution is 2.51. The predicted octanol–water partition coefficient (Wildman–Crippen LogP) is 4.33. The Hall–Kier alpha value is -2.43. The first kappa shape index (κ1) is 22.8. The van der Waals surface area contributed by atoms with Crippen LogP contribution in [0.1, 0.15) is 19.3 Å². The van der Waals surface area contributed by atoms with Crippen LogP contribution < -0.4 is 15.0 Å². The third-order valence-electron chi connectivity index (χ3n) is 5.86. The second-order valence-corrected chi connectivity index (χ2v) is 8.86. The van der Waals surface area contributed by atoms with Crippen molar-refractivity contribution in [3.8, 4) is 5.75 Å². The van der Waals surface area contributed by atoms with Gasteiger partial charge in [0.25, 0.3) is 0 Å². The van der Waals surface area contributed by atoms with E-state index < -0.39 is 16.4 Å². The Morgan fingerprint density at radius 1 is 1.38 bits per heavy atom. The van der Waals surface area contributed by atoms with E-state index in [4.69, 9.17) is 32.7 Å². The minimum Gasteiger partial charge on any atom is -0.487 e. The number of hydrogen-bond donors (Lipinski definition) is 1. The smallest absolute Gasteiger partial charge is 0.314 e. The third-order valence-corrected chi connectivity index (χ3v) is 6.32. The van der Waals surface area contributed by atoms with E-state index >= 15 is 0 Å². The zero-order chi connectivity index (χ0) is 22.9. The summed E-state index contributed by atoms with van der Waals surface area (Å²) in [7, 11) is 1.69. The van der Waals surface area contributed by atoms with Crippen molar-refractivity contribution in [3.63, 3.8) is 0 Å². The van der Waals surface area contributed by atoms with Gasteiger partial charge in [-0.25, -0.2) is 9.37 Å². The average Bonchev–Trinajstić information content (AvgIpc) is 2.69. The van der Waals surface area contributed by atoms with Gasteiger partial charge in [-0.3, -0.25) is 10.1 Å². The molecule has 9 nitrogen and oxygen atoms in total. The number of nitrogens with one attached hydrogen (secondary N) is 1. The molecule has 1 spiro atoms. The molecule has 1 saturated carbocycles. The molecule has 2 aromatic rings. The Morgan fingerprint density at radius 2 is 2.12 bits per heavy atom. The zero-order valence-electron chi connectivity index (χ0n) is 17.3. The molecule has 1 aliphatic carbocycles. The lowest BCUT2D eigenvalue weighted by molar-refractivity contribution is -0.386. The van der Waals surface area contributed by atoms with Gasteiger partial charge in [0.2, 0.25) is 5.28 Å². The predicted molar refractivity (Wildman–Crippen MR) is 118 cm³/mol. The number of nitro groups is 1. The fourth-order valence-electron chi connectivity index (χ4n) is 4.23. The third kappa shape index (κ3) is 4.67. The molecular weight excluding hydrogens is 464 g/mol. The van der Waals surface area contributed by atoms with Gasteiger partial charge in [0, 0.05) is 38.2 Å². The van der Waals surface area contributed by atoms with Crippen molar-refractivity contribution in [2.75, 3.05) is 43.6 Å². The molecule has 4 rings (SSSR count). The van der Waals surface area contributed by atoms with Gasteiger partial charge in [0.05, 0.1) is 35.6 Å². The van der Waals surface area contributed by atoms with E-state index in [1.54, 1.807) is 7.11 Å². The average molecular weight is 486 g/mol. The van der Waals surface area contributed by atoms with Crippen LogP contribution in [0.25, 0.3) is 0 Å². The summed E-state index contributed by atoms with van der Waals surface area (Å²) in [6, 6.07) is 2.34. The lowest BCUT2D eigenvalue weighted by atomic mass is 9.61. The summed E-state index contributed by atoms with van der Waals surface area (Å²) in [5.74, 6) is -0.197. The Morgan fingerprint density at radius 3 is 2.81 bits per heavy atom. The molecule has 2 aliphatic rings. The fraction of sp³-hybridized carbons (Fsp3) is 0.500. The van der Waals surface area contributed by atoms with E-state index in [1.807, 2.05) is 4.90 Å². The van der Waals surface area contributed by atoms with E-state index in [-0.39, 0.29) is 29.2 Å². The molecule has 1 aromatic carbocycles. The van der Waals surface area contributed by atoms with Crippen molar-refractivity contribution >= 4 is 40.4 Å². The van der Waals surface area contributed by atoms with Crippen molar-refractivity contribution in [2.45, 2.75) is 25.4 Å². The Bertz CT molecular complexity index is 1010. The molecule has 0 atom stereocenters. The largest absolute Gasteiger partial charge is 0.487 e. The number of methoxy groups -OCH3 is 1. The number of rotatable bonds is 9. The van der Waals surface area contributed by atoms with E-state index in [2.05, 4.69) is 15.3 Å². The van der Waals surface area contributed by atoms with E-state index in [9.17, 15) is 14.5 Å². The molecule has 32 heavy (non-hydrogen) atoms. The number of ether oxygens (including phenoxy) is 2. The molecular formula is C20H22Cl2FN5O4. The van der Waals surface area contributed by atoms with Crippen LogP contribution in [-0.2, 0) is 4.74 Å². The summed E-state index contributed by atoms with van der Waals surface area (Å²) < 4.78 is 25.6. The maximum absolute atomic E-state index is 14.6. The van der Waals surface area contributed by atoms with Crippen LogP contribution in [0, 0.1) is 21.3 Å². The summed E-state index contributed by atoms with van der Waals surface area (Å²) >= 11 is 11.7. The maximum atomic E-state index is 14.6. The number of hydrogen-bond acceptors (Lipinski definition) is 8. The number of benzene rings is 1. The van der Waals surface area contributed by atoms with Crippen LogP contribution in [0.15, 0.2) is 18.3 Å². The molecule has 1 aromatic heterocycles. The quantitative estimate of drug-likeness (QED) is 0.242. The highest BCUT2D eigenvalue weighted by Gasteiger charge is 2.53. The highest BCUT2D eigenvalue weighted by atomic mass is 35.5. The van der Waals surface area contributed by atoms with Crippen LogP contribution in [0.2, 0.25) is 10.3 Å². The Labute approximate surface area is 194 Å². The van der Waals surface area contributed by atoms with Crippen molar-refractivity contribution in [1.29, 1.82) is 0 Å². The van der Waals surface area contributed by atoms with Gasteiger partial charge in [0.15, 0.2) is 11.6 Å². The molecule has 172 valence electrons. The molecule has 12 heteroatoms. The number of anilines is 2. The van der Waals surface area contributed by atoms with Gasteiger partial charge in [-0.2, -0.15) is 4.98 Å². The van der Waals surface area contributed by atoms with Gasteiger partial charge in [0.1, 0.15) is 10.8 Å². The maximum Gasteiger partial charge on any atom is 0.314 e. The molecule has 1 saturated heterocycles. The standard InChI is InChI=1S/C20H22Cl2FN5O4/c1-31-12-7-20(8-12)10-27(11-20)15-6-17(16(28(29)30)5-14(15)23)32-4-2-3-24-18-13(21)9-25-19(22)26-18/h5-6,9,12H,2-4,7-8,10-11H2,1H3,(H,24,25,26). The molecule has 0 bridgehead atoms. The lowest BCUT2D eigenvalue weighted by Crippen LogP contribution is -2.64. The topological polar surface area (TPSA) is 103 Å². The summed E-state index contributed by atoms with van der Waals surface area (Å²) in [6.45, 7) is 2.01. The van der Waals surface area contributed by atoms with E-state index in [1.165, 1.54) is 12.3 Å². The highest BCUT2D eigenvalue weighted by molar-refractivity contribution is 6.33. The minimum absolute atomic E-state index is 0.0406. The monoisotopic (exact) mass is 485 g/mol. The van der Waals surface area contributed by atoms with Gasteiger partial charge < -0.3 is 19.7 Å². The first-order valence-corrected chi connectivity index (χ1v) is 10.9. The van der Waals surface area contributed by atoms with Crippen LogP contribution >= 0.6 is 23.2 Å². The van der Waals surface area contributed by atoms with Gasteiger partial charge in [-0.05, 0) is 30.9 Å². The normalized spacial score (nSPS) is 17.1. The first-order chi connectivity index (χ1) is 15.3. The molecule has 0 amide bonds. The number of nitro benzene ring substituents is 1. The summed E-state index contributed by atoms with van der Waals surface area (Å²) in [4.78, 5) is 20.4. The van der Waals surface area contributed by atoms with Crippen molar-refractivity contribution in [3.05, 3.63) is 44.6 Å². The van der Waals surface area contributed by atoms with Crippen molar-refractivity contribution < 1.29 is 18.8 Å². The van der Waals surface area contributed by atoms with Crippen molar-refractivity contribution in [1.82, 2.24) is 9.97 Å². The van der Waals surface area contributed by atoms with Crippen LogP contribution in [0.4, 0.5) is 21.6 Å². The zero-order valence-corrected chi connectivity index (χ0v) is 18.8. The van der Waals surface area contributed by atoms with E-state index in [0.717, 1.165) is 18.9 Å². The van der Waals surface area contributed by atoms with E-state index in [0.29, 0.717) is 42.6 Å². The summed E-state index contributed by atoms with van der Waals surface area (Å²) in [5.41, 5.74) is 0.0769. The van der Waals surface area contributed by atoms with Crippen LogP contribution in [-0.4, -0.2) is 54.3 Å². The SMILES string of the molecule is COC1CC2(C1)CN(c1cc(OCCCNc3nc(Cl)ncc3Cl)c([N+](=O)[O-])cc1F)C2. The second-order valence-electron chi connectivity index (χ2n) is 8.11. The fourth-order valence-corrected chi connectivity index (χ4v) is 4.52. The molecule has 2 fully saturated rings. The Balaban J connectivity index is 1.35. The molecule has 2 heterocycles. The minimum atomic E-state index is -0.643. The number of aromatic nitrogens is 2. The van der Waals surface area contributed by atoms with Gasteiger partial charge in [-0.1, -0.05) is 11.6 Å².